The summed E-state index contributed by atoms with van der Waals surface area (Å²) < 4.78 is 7.55. The van der Waals surface area contributed by atoms with E-state index in [2.05, 4.69) is 15.4 Å². The van der Waals surface area contributed by atoms with Gasteiger partial charge in [0.25, 0.3) is 0 Å². The molecule has 1 fully saturated rings. The fraction of sp³-hybridized carbons (Fsp3) is 0.467. The summed E-state index contributed by atoms with van der Waals surface area (Å²) >= 11 is 0. The highest BCUT2D eigenvalue weighted by atomic mass is 16.5. The maximum Gasteiger partial charge on any atom is 0.138 e. The average molecular weight is 272 g/mol. The van der Waals surface area contributed by atoms with Crippen molar-refractivity contribution in [1.82, 2.24) is 20.1 Å². The number of nitrogens with one attached hydrogen (secondary N) is 1. The summed E-state index contributed by atoms with van der Waals surface area (Å²) in [5.74, 6) is 1.73. The molecule has 20 heavy (non-hydrogen) atoms. The zero-order valence-electron chi connectivity index (χ0n) is 11.5. The quantitative estimate of drug-likeness (QED) is 0.905. The summed E-state index contributed by atoms with van der Waals surface area (Å²) in [5.41, 5.74) is 0.994. The van der Waals surface area contributed by atoms with Gasteiger partial charge in [0.15, 0.2) is 0 Å². The molecule has 0 unspecified atom stereocenters. The van der Waals surface area contributed by atoms with Crippen LogP contribution in [0.5, 0.6) is 5.75 Å². The molecule has 2 aromatic rings. The molecule has 0 amide bonds. The van der Waals surface area contributed by atoms with Gasteiger partial charge < -0.3 is 10.1 Å². The molecule has 1 aliphatic rings. The van der Waals surface area contributed by atoms with Crippen LogP contribution in [-0.4, -0.2) is 34.5 Å². The monoisotopic (exact) mass is 272 g/mol. The lowest BCUT2D eigenvalue weighted by Gasteiger charge is -2.22. The van der Waals surface area contributed by atoms with Crippen molar-refractivity contribution in [3.8, 4) is 11.4 Å². The highest BCUT2D eigenvalue weighted by molar-refractivity contribution is 5.36. The number of piperidine rings is 1. The Morgan fingerprint density at radius 2 is 2.00 bits per heavy atom. The molecule has 0 spiro atoms. The highest BCUT2D eigenvalue weighted by Crippen LogP contribution is 2.18. The van der Waals surface area contributed by atoms with Gasteiger partial charge in [0.2, 0.25) is 0 Å². The normalized spacial score (nSPS) is 16.2. The van der Waals surface area contributed by atoms with Gasteiger partial charge in [-0.25, -0.2) is 9.67 Å². The first-order chi connectivity index (χ1) is 9.92. The van der Waals surface area contributed by atoms with Crippen LogP contribution in [0.25, 0.3) is 5.69 Å². The summed E-state index contributed by atoms with van der Waals surface area (Å²) in [7, 11) is 0. The van der Waals surface area contributed by atoms with Crippen molar-refractivity contribution in [2.45, 2.75) is 19.3 Å². The Balaban J connectivity index is 1.48. The molecular formula is C15H20N4O. The number of hydrogen-bond donors (Lipinski definition) is 1. The molecular weight excluding hydrogens is 252 g/mol. The van der Waals surface area contributed by atoms with Crippen LogP contribution in [0.15, 0.2) is 36.9 Å². The molecule has 106 valence electrons. The predicted molar refractivity (Wildman–Crippen MR) is 77.1 cm³/mol. The minimum Gasteiger partial charge on any atom is -0.494 e. The molecule has 0 aliphatic carbocycles. The van der Waals surface area contributed by atoms with Gasteiger partial charge in [-0.3, -0.25) is 0 Å². The van der Waals surface area contributed by atoms with E-state index in [0.717, 1.165) is 43.5 Å². The topological polar surface area (TPSA) is 52.0 Å². The van der Waals surface area contributed by atoms with Crippen molar-refractivity contribution in [2.24, 2.45) is 5.92 Å². The molecule has 3 rings (SSSR count). The van der Waals surface area contributed by atoms with Gasteiger partial charge in [-0.05, 0) is 62.5 Å². The van der Waals surface area contributed by atoms with Crippen LogP contribution in [0.2, 0.25) is 0 Å². The molecule has 5 nitrogen and oxygen atoms in total. The zero-order chi connectivity index (χ0) is 13.6. The third-order valence-corrected chi connectivity index (χ3v) is 3.77. The van der Waals surface area contributed by atoms with Crippen LogP contribution in [0.1, 0.15) is 19.3 Å². The van der Waals surface area contributed by atoms with E-state index in [0.29, 0.717) is 0 Å². The highest BCUT2D eigenvalue weighted by Gasteiger charge is 2.12. The predicted octanol–water partition coefficient (Wildman–Crippen LogP) is 2.04. The van der Waals surface area contributed by atoms with E-state index in [1.165, 1.54) is 19.2 Å². The lowest BCUT2D eigenvalue weighted by Crippen LogP contribution is -2.28. The smallest absolute Gasteiger partial charge is 0.138 e. The summed E-state index contributed by atoms with van der Waals surface area (Å²) in [5, 5.41) is 7.49. The SMILES string of the molecule is c1ncn(-c2ccc(OCCC3CCNCC3)cc2)n1. The first-order valence-corrected chi connectivity index (χ1v) is 7.20. The molecule has 0 saturated carbocycles. The van der Waals surface area contributed by atoms with Crippen molar-refractivity contribution >= 4 is 0 Å². The Labute approximate surface area is 119 Å². The molecule has 1 saturated heterocycles. The molecule has 1 aromatic carbocycles. The van der Waals surface area contributed by atoms with E-state index in [1.807, 2.05) is 24.3 Å². The standard InChI is InChI=1S/C15H20N4O/c1-3-15(4-2-14(1)19-12-17-11-18-19)20-10-7-13-5-8-16-9-6-13/h1-4,11-13,16H,5-10H2. The molecule has 1 N–H and O–H groups in total. The van der Waals surface area contributed by atoms with E-state index in [1.54, 1.807) is 11.0 Å². The van der Waals surface area contributed by atoms with Crippen LogP contribution in [0.4, 0.5) is 0 Å². The third-order valence-electron chi connectivity index (χ3n) is 3.77. The fourth-order valence-corrected chi connectivity index (χ4v) is 2.55. The van der Waals surface area contributed by atoms with Crippen LogP contribution >= 0.6 is 0 Å². The van der Waals surface area contributed by atoms with Gasteiger partial charge in [0.05, 0.1) is 12.3 Å². The Morgan fingerprint density at radius 1 is 1.20 bits per heavy atom. The lowest BCUT2D eigenvalue weighted by atomic mass is 9.95. The second kappa shape index (κ2) is 6.52. The van der Waals surface area contributed by atoms with Crippen molar-refractivity contribution < 1.29 is 4.74 Å². The number of aromatic nitrogens is 3. The van der Waals surface area contributed by atoms with Gasteiger partial charge in [-0.15, -0.1) is 0 Å². The largest absolute Gasteiger partial charge is 0.494 e. The average Bonchev–Trinajstić information content (AvgIpc) is 3.03. The minimum absolute atomic E-state index is 0.799. The first kappa shape index (κ1) is 13.1. The molecule has 0 radical (unpaired) electrons. The third kappa shape index (κ3) is 3.36. The van der Waals surface area contributed by atoms with Crippen LogP contribution < -0.4 is 10.1 Å². The van der Waals surface area contributed by atoms with Gasteiger partial charge in [0.1, 0.15) is 18.4 Å². The second-order valence-electron chi connectivity index (χ2n) is 5.16. The first-order valence-electron chi connectivity index (χ1n) is 7.20. The van der Waals surface area contributed by atoms with Crippen molar-refractivity contribution in [3.63, 3.8) is 0 Å². The number of hydrogen-bond acceptors (Lipinski definition) is 4. The fourth-order valence-electron chi connectivity index (χ4n) is 2.55. The van der Waals surface area contributed by atoms with Crippen molar-refractivity contribution in [3.05, 3.63) is 36.9 Å². The van der Waals surface area contributed by atoms with Gasteiger partial charge >= 0.3 is 0 Å². The summed E-state index contributed by atoms with van der Waals surface area (Å²) in [6, 6.07) is 7.96. The van der Waals surface area contributed by atoms with E-state index in [4.69, 9.17) is 4.74 Å². The maximum atomic E-state index is 5.82. The Morgan fingerprint density at radius 3 is 2.70 bits per heavy atom. The van der Waals surface area contributed by atoms with Crippen molar-refractivity contribution in [2.75, 3.05) is 19.7 Å². The second-order valence-corrected chi connectivity index (χ2v) is 5.16. The van der Waals surface area contributed by atoms with E-state index >= 15 is 0 Å². The Bertz CT molecular complexity index is 503. The Hall–Kier alpha value is -1.88. The number of benzene rings is 1. The molecule has 2 heterocycles. The maximum absolute atomic E-state index is 5.82. The van der Waals surface area contributed by atoms with Gasteiger partial charge in [0, 0.05) is 0 Å². The molecule has 1 aromatic heterocycles. The van der Waals surface area contributed by atoms with E-state index in [-0.39, 0.29) is 0 Å². The molecule has 0 atom stereocenters. The van der Waals surface area contributed by atoms with Crippen LogP contribution in [0, 0.1) is 5.92 Å². The number of rotatable bonds is 5. The molecule has 5 heteroatoms. The van der Waals surface area contributed by atoms with E-state index < -0.39 is 0 Å². The molecule has 1 aliphatic heterocycles. The van der Waals surface area contributed by atoms with Crippen LogP contribution in [-0.2, 0) is 0 Å². The van der Waals surface area contributed by atoms with Gasteiger partial charge in [-0.2, -0.15) is 5.10 Å². The Kier molecular flexibility index (Phi) is 4.28. The molecule has 0 bridgehead atoms. The van der Waals surface area contributed by atoms with Crippen LogP contribution in [0.3, 0.4) is 0 Å². The minimum atomic E-state index is 0.799. The van der Waals surface area contributed by atoms with E-state index in [9.17, 15) is 0 Å². The van der Waals surface area contributed by atoms with Gasteiger partial charge in [-0.1, -0.05) is 0 Å². The lowest BCUT2D eigenvalue weighted by molar-refractivity contribution is 0.252. The summed E-state index contributed by atoms with van der Waals surface area (Å²) in [6.45, 7) is 3.10. The zero-order valence-corrected chi connectivity index (χ0v) is 11.5. The summed E-state index contributed by atoms with van der Waals surface area (Å²) in [4.78, 5) is 3.94. The number of ether oxygens (including phenoxy) is 1. The number of nitrogens with zero attached hydrogens (tertiary/aromatic N) is 3. The van der Waals surface area contributed by atoms with Crippen molar-refractivity contribution in [1.29, 1.82) is 0 Å². The summed E-state index contributed by atoms with van der Waals surface area (Å²) in [6.07, 6.45) is 6.91.